The minimum atomic E-state index is -3.73. The third kappa shape index (κ3) is 2.04. The standard InChI is InChI=1S/C11H10N2O3S/c1-7-2-3-8-6-9(17(12,15)16)4-5-10(8)11(7)13-14/h2-6H,1H3,(H2,12,15,16). The molecule has 0 heterocycles. The molecule has 0 fully saturated rings. The maximum absolute atomic E-state index is 11.2. The molecule has 2 N–H and O–H groups in total. The number of hydrogen-bond donors (Lipinski definition) is 1. The van der Waals surface area contributed by atoms with E-state index >= 15 is 0 Å². The number of aryl methyl sites for hydroxylation is 1. The molecule has 0 atom stereocenters. The van der Waals surface area contributed by atoms with Crippen molar-refractivity contribution >= 4 is 26.5 Å². The van der Waals surface area contributed by atoms with Crippen LogP contribution in [0.1, 0.15) is 5.56 Å². The summed E-state index contributed by atoms with van der Waals surface area (Å²) in [6, 6.07) is 7.78. The van der Waals surface area contributed by atoms with Crippen molar-refractivity contribution in [2.75, 3.05) is 0 Å². The molecule has 2 aromatic rings. The van der Waals surface area contributed by atoms with E-state index in [1.54, 1.807) is 25.1 Å². The van der Waals surface area contributed by atoms with E-state index in [0.717, 1.165) is 5.56 Å². The number of nitrogens with zero attached hydrogens (tertiary/aromatic N) is 1. The molecular formula is C11H10N2O3S. The van der Waals surface area contributed by atoms with Gasteiger partial charge in [0.05, 0.1) is 4.90 Å². The summed E-state index contributed by atoms with van der Waals surface area (Å²) in [5, 5.41) is 9.23. The number of nitroso groups, excluding NO2 is 1. The van der Waals surface area contributed by atoms with Gasteiger partial charge in [-0.2, -0.15) is 0 Å². The summed E-state index contributed by atoms with van der Waals surface area (Å²) in [6.45, 7) is 1.77. The molecule has 0 aliphatic carbocycles. The van der Waals surface area contributed by atoms with Crippen molar-refractivity contribution in [2.45, 2.75) is 11.8 Å². The first-order chi connectivity index (χ1) is 7.93. The SMILES string of the molecule is Cc1ccc2cc(S(N)(=O)=O)ccc2c1N=O. The van der Waals surface area contributed by atoms with Gasteiger partial charge in [0.15, 0.2) is 0 Å². The Morgan fingerprint density at radius 3 is 2.47 bits per heavy atom. The third-order valence-corrected chi connectivity index (χ3v) is 3.50. The van der Waals surface area contributed by atoms with Crippen LogP contribution in [0.25, 0.3) is 10.8 Å². The number of primary sulfonamides is 1. The second-order valence-electron chi connectivity index (χ2n) is 3.75. The van der Waals surface area contributed by atoms with Gasteiger partial charge < -0.3 is 0 Å². The van der Waals surface area contributed by atoms with Gasteiger partial charge in [-0.15, -0.1) is 4.91 Å². The minimum absolute atomic E-state index is 0.0192. The molecule has 0 amide bonds. The normalized spacial score (nSPS) is 11.6. The highest BCUT2D eigenvalue weighted by Gasteiger charge is 2.11. The van der Waals surface area contributed by atoms with E-state index in [1.165, 1.54) is 12.1 Å². The third-order valence-electron chi connectivity index (χ3n) is 2.58. The zero-order valence-corrected chi connectivity index (χ0v) is 9.86. The number of rotatable bonds is 2. The molecule has 0 aliphatic rings. The van der Waals surface area contributed by atoms with E-state index in [9.17, 15) is 13.3 Å². The Labute approximate surface area is 98.3 Å². The molecule has 0 saturated carbocycles. The van der Waals surface area contributed by atoms with E-state index in [2.05, 4.69) is 5.18 Å². The first kappa shape index (κ1) is 11.7. The van der Waals surface area contributed by atoms with Crippen molar-refractivity contribution in [1.82, 2.24) is 0 Å². The Hall–Kier alpha value is -1.79. The molecular weight excluding hydrogens is 240 g/mol. The highest BCUT2D eigenvalue weighted by Crippen LogP contribution is 2.30. The molecule has 0 radical (unpaired) electrons. The van der Waals surface area contributed by atoms with Crippen LogP contribution in [0.15, 0.2) is 40.4 Å². The molecule has 2 rings (SSSR count). The fourth-order valence-electron chi connectivity index (χ4n) is 1.70. The van der Waals surface area contributed by atoms with Gasteiger partial charge in [0, 0.05) is 5.39 Å². The lowest BCUT2D eigenvalue weighted by atomic mass is 10.1. The molecule has 17 heavy (non-hydrogen) atoms. The van der Waals surface area contributed by atoms with E-state index in [1.807, 2.05) is 0 Å². The lowest BCUT2D eigenvalue weighted by molar-refractivity contribution is 0.598. The van der Waals surface area contributed by atoms with Gasteiger partial charge >= 0.3 is 0 Å². The van der Waals surface area contributed by atoms with Gasteiger partial charge in [0.25, 0.3) is 0 Å². The highest BCUT2D eigenvalue weighted by molar-refractivity contribution is 7.89. The first-order valence-corrected chi connectivity index (χ1v) is 6.37. The highest BCUT2D eigenvalue weighted by atomic mass is 32.2. The van der Waals surface area contributed by atoms with Crippen molar-refractivity contribution in [3.05, 3.63) is 40.8 Å². The quantitative estimate of drug-likeness (QED) is 0.828. The van der Waals surface area contributed by atoms with Crippen LogP contribution < -0.4 is 5.14 Å². The van der Waals surface area contributed by atoms with Crippen LogP contribution in [0.4, 0.5) is 5.69 Å². The van der Waals surface area contributed by atoms with Gasteiger partial charge in [-0.05, 0) is 35.2 Å². The Morgan fingerprint density at radius 1 is 1.18 bits per heavy atom. The first-order valence-electron chi connectivity index (χ1n) is 4.83. The Balaban J connectivity index is 2.82. The Morgan fingerprint density at radius 2 is 1.88 bits per heavy atom. The fourth-order valence-corrected chi connectivity index (χ4v) is 2.25. The van der Waals surface area contributed by atoms with E-state index in [4.69, 9.17) is 5.14 Å². The zero-order chi connectivity index (χ0) is 12.6. The largest absolute Gasteiger partial charge is 0.238 e. The number of fused-ring (bicyclic) bond motifs is 1. The predicted octanol–water partition coefficient (Wildman–Crippen LogP) is 2.19. The van der Waals surface area contributed by atoms with Crippen LogP contribution in [-0.4, -0.2) is 8.42 Å². The lowest BCUT2D eigenvalue weighted by Crippen LogP contribution is -2.11. The molecule has 0 aliphatic heterocycles. The molecule has 0 unspecified atom stereocenters. The summed E-state index contributed by atoms with van der Waals surface area (Å²) >= 11 is 0. The Kier molecular flexibility index (Phi) is 2.68. The summed E-state index contributed by atoms with van der Waals surface area (Å²) in [4.78, 5) is 10.7. The van der Waals surface area contributed by atoms with Gasteiger partial charge in [0.1, 0.15) is 5.69 Å². The van der Waals surface area contributed by atoms with Crippen LogP contribution in [0.2, 0.25) is 0 Å². The van der Waals surface area contributed by atoms with E-state index in [0.29, 0.717) is 16.5 Å². The van der Waals surface area contributed by atoms with Gasteiger partial charge in [-0.25, -0.2) is 13.6 Å². The average molecular weight is 250 g/mol. The Bertz CT molecular complexity index is 708. The number of benzene rings is 2. The molecule has 0 saturated heterocycles. The van der Waals surface area contributed by atoms with Crippen molar-refractivity contribution in [2.24, 2.45) is 10.3 Å². The number of sulfonamides is 1. The topological polar surface area (TPSA) is 89.6 Å². The summed E-state index contributed by atoms with van der Waals surface area (Å²) in [6.07, 6.45) is 0. The maximum atomic E-state index is 11.2. The van der Waals surface area contributed by atoms with Crippen molar-refractivity contribution in [1.29, 1.82) is 0 Å². The monoisotopic (exact) mass is 250 g/mol. The lowest BCUT2D eigenvalue weighted by Gasteiger charge is -2.05. The second-order valence-corrected chi connectivity index (χ2v) is 5.31. The molecule has 5 nitrogen and oxygen atoms in total. The zero-order valence-electron chi connectivity index (χ0n) is 9.04. The van der Waals surface area contributed by atoms with Gasteiger partial charge in [-0.1, -0.05) is 18.2 Å². The van der Waals surface area contributed by atoms with Gasteiger partial charge in [-0.3, -0.25) is 0 Å². The van der Waals surface area contributed by atoms with Crippen LogP contribution in [0.3, 0.4) is 0 Å². The number of nitrogens with two attached hydrogens (primary N) is 1. The summed E-state index contributed by atoms with van der Waals surface area (Å²) < 4.78 is 22.4. The van der Waals surface area contributed by atoms with Gasteiger partial charge in [0.2, 0.25) is 10.0 Å². The molecule has 6 heteroatoms. The number of hydrogen-bond acceptors (Lipinski definition) is 4. The molecule has 0 spiro atoms. The van der Waals surface area contributed by atoms with E-state index in [-0.39, 0.29) is 4.90 Å². The molecule has 0 bridgehead atoms. The molecule has 0 aromatic heterocycles. The van der Waals surface area contributed by atoms with E-state index < -0.39 is 10.0 Å². The summed E-state index contributed by atoms with van der Waals surface area (Å²) in [5.74, 6) is 0. The van der Waals surface area contributed by atoms with Crippen LogP contribution in [0, 0.1) is 11.8 Å². The summed E-state index contributed by atoms with van der Waals surface area (Å²) in [7, 11) is -3.73. The van der Waals surface area contributed by atoms with Crippen LogP contribution in [0.5, 0.6) is 0 Å². The fraction of sp³-hybridized carbons (Fsp3) is 0.0909. The maximum Gasteiger partial charge on any atom is 0.238 e. The molecule has 2 aromatic carbocycles. The van der Waals surface area contributed by atoms with Crippen molar-refractivity contribution in [3.8, 4) is 0 Å². The average Bonchev–Trinajstić information content (AvgIpc) is 2.27. The smallest absolute Gasteiger partial charge is 0.225 e. The minimum Gasteiger partial charge on any atom is -0.225 e. The van der Waals surface area contributed by atoms with Crippen LogP contribution >= 0.6 is 0 Å². The van der Waals surface area contributed by atoms with Crippen LogP contribution in [-0.2, 0) is 10.0 Å². The van der Waals surface area contributed by atoms with Crippen molar-refractivity contribution < 1.29 is 8.42 Å². The second kappa shape index (κ2) is 3.90. The molecule has 88 valence electrons. The predicted molar refractivity (Wildman–Crippen MR) is 65.5 cm³/mol. The van der Waals surface area contributed by atoms with Crippen molar-refractivity contribution in [3.63, 3.8) is 0 Å². The summed E-state index contributed by atoms with van der Waals surface area (Å²) in [5.41, 5.74) is 1.07.